The summed E-state index contributed by atoms with van der Waals surface area (Å²) in [7, 11) is 0. The van der Waals surface area contributed by atoms with E-state index in [9.17, 15) is 9.59 Å². The Morgan fingerprint density at radius 1 is 1.23 bits per heavy atom. The fourth-order valence-corrected chi connectivity index (χ4v) is 2.79. The van der Waals surface area contributed by atoms with E-state index >= 15 is 0 Å². The van der Waals surface area contributed by atoms with E-state index in [2.05, 4.69) is 12.2 Å². The lowest BCUT2D eigenvalue weighted by Crippen LogP contribution is -2.42. The molecule has 1 aromatic rings. The molecule has 1 aliphatic rings. The van der Waals surface area contributed by atoms with E-state index in [-0.39, 0.29) is 24.1 Å². The molecule has 0 aromatic heterocycles. The van der Waals surface area contributed by atoms with Gasteiger partial charge in [-0.05, 0) is 19.4 Å². The van der Waals surface area contributed by atoms with Crippen molar-refractivity contribution in [1.29, 1.82) is 0 Å². The number of hydrogen-bond acceptors (Lipinski definition) is 3. The fourth-order valence-electron chi connectivity index (χ4n) is 2.79. The molecular formula is C17H25ClN2O2. The summed E-state index contributed by atoms with van der Waals surface area (Å²) in [6.07, 6.45) is 2.57. The molecule has 0 aliphatic carbocycles. The zero-order chi connectivity index (χ0) is 15.1. The molecule has 1 aromatic carbocycles. The Balaban J connectivity index is 0.00000242. The van der Waals surface area contributed by atoms with E-state index in [1.165, 1.54) is 0 Å². The molecule has 1 amide bonds. The summed E-state index contributed by atoms with van der Waals surface area (Å²) in [5.74, 6) is 0.153. The number of halogens is 1. The molecule has 1 N–H and O–H groups in total. The zero-order valence-corrected chi connectivity index (χ0v) is 13.9. The number of carbonyl (C=O) groups excluding carboxylic acids is 2. The zero-order valence-electron chi connectivity index (χ0n) is 13.1. The minimum atomic E-state index is 0. The topological polar surface area (TPSA) is 49.4 Å². The van der Waals surface area contributed by atoms with E-state index in [1.54, 1.807) is 12.1 Å². The number of carbonyl (C=O) groups is 2. The van der Waals surface area contributed by atoms with Crippen molar-refractivity contribution in [3.8, 4) is 0 Å². The summed E-state index contributed by atoms with van der Waals surface area (Å²) in [5, 5.41) is 3.30. The van der Waals surface area contributed by atoms with Crippen molar-refractivity contribution in [3.05, 3.63) is 35.9 Å². The quantitative estimate of drug-likeness (QED) is 0.784. The van der Waals surface area contributed by atoms with Crippen LogP contribution in [0.15, 0.2) is 30.3 Å². The monoisotopic (exact) mass is 324 g/mol. The Kier molecular flexibility index (Phi) is 8.13. The highest BCUT2D eigenvalue weighted by molar-refractivity contribution is 5.97. The lowest BCUT2D eigenvalue weighted by atomic mass is 10.1. The summed E-state index contributed by atoms with van der Waals surface area (Å²) >= 11 is 0. The number of amides is 1. The van der Waals surface area contributed by atoms with Gasteiger partial charge in [0.15, 0.2) is 5.78 Å². The van der Waals surface area contributed by atoms with E-state index < -0.39 is 0 Å². The van der Waals surface area contributed by atoms with Gasteiger partial charge in [-0.1, -0.05) is 37.3 Å². The van der Waals surface area contributed by atoms with Crippen LogP contribution < -0.4 is 5.32 Å². The van der Waals surface area contributed by atoms with Crippen LogP contribution in [0.3, 0.4) is 0 Å². The van der Waals surface area contributed by atoms with Gasteiger partial charge >= 0.3 is 0 Å². The van der Waals surface area contributed by atoms with E-state index in [1.807, 2.05) is 23.1 Å². The Morgan fingerprint density at radius 3 is 2.55 bits per heavy atom. The molecule has 1 saturated heterocycles. The van der Waals surface area contributed by atoms with Crippen LogP contribution in [0.25, 0.3) is 0 Å². The van der Waals surface area contributed by atoms with E-state index in [0.717, 1.165) is 32.5 Å². The molecule has 1 fully saturated rings. The molecule has 22 heavy (non-hydrogen) atoms. The van der Waals surface area contributed by atoms with Gasteiger partial charge in [-0.15, -0.1) is 12.4 Å². The fraction of sp³-hybridized carbons (Fsp3) is 0.529. The van der Waals surface area contributed by atoms with Crippen molar-refractivity contribution in [2.24, 2.45) is 0 Å². The van der Waals surface area contributed by atoms with Gasteiger partial charge in [0.05, 0.1) is 0 Å². The summed E-state index contributed by atoms with van der Waals surface area (Å²) in [4.78, 5) is 26.4. The molecule has 0 spiro atoms. The second-order valence-corrected chi connectivity index (χ2v) is 5.52. The maximum Gasteiger partial charge on any atom is 0.223 e. The maximum atomic E-state index is 12.4. The highest BCUT2D eigenvalue weighted by Crippen LogP contribution is 2.13. The highest BCUT2D eigenvalue weighted by Gasteiger charge is 2.25. The van der Waals surface area contributed by atoms with Crippen molar-refractivity contribution >= 4 is 24.1 Å². The third-order valence-corrected chi connectivity index (χ3v) is 3.92. The number of nitrogens with zero attached hydrogens (tertiary/aromatic N) is 1. The molecule has 1 atom stereocenters. The molecular weight excluding hydrogens is 300 g/mol. The molecule has 4 nitrogen and oxygen atoms in total. The summed E-state index contributed by atoms with van der Waals surface area (Å²) in [6, 6.07) is 9.49. The predicted molar refractivity (Wildman–Crippen MR) is 90.5 cm³/mol. The lowest BCUT2D eigenvalue weighted by molar-refractivity contribution is -0.133. The normalized spacial score (nSPS) is 16.9. The molecule has 2 rings (SSSR count). The molecule has 122 valence electrons. The first-order chi connectivity index (χ1) is 10.2. The molecule has 1 heterocycles. The van der Waals surface area contributed by atoms with Gasteiger partial charge in [-0.2, -0.15) is 0 Å². The van der Waals surface area contributed by atoms with Crippen LogP contribution in [-0.4, -0.2) is 42.3 Å². The summed E-state index contributed by atoms with van der Waals surface area (Å²) in [6.45, 7) is 4.71. The van der Waals surface area contributed by atoms with Crippen LogP contribution >= 0.6 is 12.4 Å². The second-order valence-electron chi connectivity index (χ2n) is 5.52. The Bertz CT molecular complexity index is 473. The van der Waals surface area contributed by atoms with Crippen molar-refractivity contribution in [1.82, 2.24) is 10.2 Å². The number of benzene rings is 1. The molecule has 0 bridgehead atoms. The average Bonchev–Trinajstić information content (AvgIpc) is 3.04. The van der Waals surface area contributed by atoms with Crippen LogP contribution in [0, 0.1) is 0 Å². The Hall–Kier alpha value is -1.39. The van der Waals surface area contributed by atoms with Crippen LogP contribution in [-0.2, 0) is 4.79 Å². The van der Waals surface area contributed by atoms with Gasteiger partial charge in [0, 0.05) is 37.5 Å². The average molecular weight is 325 g/mol. The van der Waals surface area contributed by atoms with Gasteiger partial charge in [-0.25, -0.2) is 0 Å². The first kappa shape index (κ1) is 18.7. The van der Waals surface area contributed by atoms with Crippen LogP contribution in [0.5, 0.6) is 0 Å². The highest BCUT2D eigenvalue weighted by atomic mass is 35.5. The third-order valence-electron chi connectivity index (χ3n) is 3.92. The van der Waals surface area contributed by atoms with E-state index in [4.69, 9.17) is 0 Å². The minimum Gasteiger partial charge on any atom is -0.338 e. The number of hydrogen-bond donors (Lipinski definition) is 1. The Morgan fingerprint density at radius 2 is 1.95 bits per heavy atom. The number of Topliss-reactive ketones (excluding diaryl/α,β-unsaturated/α-hetero) is 1. The van der Waals surface area contributed by atoms with Crippen LogP contribution in [0.1, 0.15) is 43.0 Å². The predicted octanol–water partition coefficient (Wildman–Crippen LogP) is 2.67. The van der Waals surface area contributed by atoms with Gasteiger partial charge in [0.1, 0.15) is 0 Å². The molecule has 5 heteroatoms. The smallest absolute Gasteiger partial charge is 0.223 e. The third kappa shape index (κ3) is 5.11. The molecule has 1 aliphatic heterocycles. The van der Waals surface area contributed by atoms with Crippen molar-refractivity contribution < 1.29 is 9.59 Å². The molecule has 0 radical (unpaired) electrons. The van der Waals surface area contributed by atoms with Gasteiger partial charge in [0.25, 0.3) is 0 Å². The Labute approximate surface area is 138 Å². The first-order valence-corrected chi connectivity index (χ1v) is 7.80. The van der Waals surface area contributed by atoms with Gasteiger partial charge < -0.3 is 10.2 Å². The molecule has 1 unspecified atom stereocenters. The summed E-state index contributed by atoms with van der Waals surface area (Å²) < 4.78 is 0. The number of rotatable bonds is 7. The largest absolute Gasteiger partial charge is 0.338 e. The first-order valence-electron chi connectivity index (χ1n) is 7.80. The minimum absolute atomic E-state index is 0. The summed E-state index contributed by atoms with van der Waals surface area (Å²) in [5.41, 5.74) is 0.690. The maximum absolute atomic E-state index is 12.4. The standard InChI is InChI=1S/C17H24N2O2.ClH/c1-2-12-19(15-10-11-18-13-15)17(21)9-8-16(20)14-6-4-3-5-7-14;/h3-7,15,18H,2,8-13H2,1H3;1H. The van der Waals surface area contributed by atoms with E-state index in [0.29, 0.717) is 24.4 Å². The molecule has 0 saturated carbocycles. The number of nitrogens with one attached hydrogen (secondary N) is 1. The van der Waals surface area contributed by atoms with Gasteiger partial charge in [0.2, 0.25) is 5.91 Å². The van der Waals surface area contributed by atoms with Gasteiger partial charge in [-0.3, -0.25) is 9.59 Å². The van der Waals surface area contributed by atoms with Crippen molar-refractivity contribution in [3.63, 3.8) is 0 Å². The second kappa shape index (κ2) is 9.59. The van der Waals surface area contributed by atoms with Crippen LogP contribution in [0.2, 0.25) is 0 Å². The van der Waals surface area contributed by atoms with Crippen LogP contribution in [0.4, 0.5) is 0 Å². The lowest BCUT2D eigenvalue weighted by Gasteiger charge is -2.28. The van der Waals surface area contributed by atoms with Crippen molar-refractivity contribution in [2.75, 3.05) is 19.6 Å². The number of ketones is 1. The SMILES string of the molecule is CCCN(C(=O)CCC(=O)c1ccccc1)C1CCNC1.Cl. The van der Waals surface area contributed by atoms with Crippen molar-refractivity contribution in [2.45, 2.75) is 38.6 Å².